The third-order valence-electron chi connectivity index (χ3n) is 6.14. The molecule has 0 N–H and O–H groups in total. The molecule has 0 aliphatic carbocycles. The molecule has 0 aromatic heterocycles. The number of thiol groups is 1. The van der Waals surface area contributed by atoms with E-state index in [1.807, 2.05) is 0 Å². The molecule has 0 fully saturated rings. The zero-order valence-corrected chi connectivity index (χ0v) is 19.6. The molecule has 0 aliphatic heterocycles. The van der Waals surface area contributed by atoms with Crippen molar-refractivity contribution < 1.29 is 4.74 Å². The van der Waals surface area contributed by atoms with Gasteiger partial charge < -0.3 is 4.74 Å². The smallest absolute Gasteiger partial charge is 0.134 e. The highest BCUT2D eigenvalue weighted by Crippen LogP contribution is 2.45. The zero-order chi connectivity index (χ0) is 21.6. The van der Waals surface area contributed by atoms with Crippen LogP contribution in [0.15, 0.2) is 66.7 Å². The van der Waals surface area contributed by atoms with Crippen molar-refractivity contribution in [1.29, 1.82) is 0 Å². The second-order valence-electron chi connectivity index (χ2n) is 8.01. The van der Waals surface area contributed by atoms with Crippen molar-refractivity contribution in [2.45, 2.75) is 57.6 Å². The molecular weight excluding hydrogens is 384 g/mol. The Kier molecular flexibility index (Phi) is 7.66. The monoisotopic (exact) mass is 418 g/mol. The van der Waals surface area contributed by atoms with Crippen LogP contribution in [0.3, 0.4) is 0 Å². The molecule has 0 unspecified atom stereocenters. The van der Waals surface area contributed by atoms with Gasteiger partial charge in [-0.25, -0.2) is 0 Å². The third-order valence-corrected chi connectivity index (χ3v) is 7.03. The van der Waals surface area contributed by atoms with Gasteiger partial charge in [0.05, 0.1) is 7.11 Å². The van der Waals surface area contributed by atoms with Crippen molar-refractivity contribution in [3.63, 3.8) is 0 Å². The van der Waals surface area contributed by atoms with Gasteiger partial charge in [0.25, 0.3) is 0 Å². The summed E-state index contributed by atoms with van der Waals surface area (Å²) < 4.78 is 5.85. The van der Waals surface area contributed by atoms with Gasteiger partial charge in [-0.2, -0.15) is 12.6 Å². The third kappa shape index (κ3) is 4.75. The predicted molar refractivity (Wildman–Crippen MR) is 134 cm³/mol. The second-order valence-corrected chi connectivity index (χ2v) is 8.87. The number of unbranched alkanes of at least 4 members (excludes halogenated alkanes) is 1. The Morgan fingerprint density at radius 1 is 0.800 bits per heavy atom. The molecule has 3 aromatic carbocycles. The SMILES string of the molecule is CCCCc1cccc(-c2cc(C(S)(CC)CC)cc(-c3ccccc3)c2OC)c1. The summed E-state index contributed by atoms with van der Waals surface area (Å²) in [4.78, 5) is 0. The minimum atomic E-state index is -0.162. The molecule has 3 aromatic rings. The largest absolute Gasteiger partial charge is 0.495 e. The molecule has 0 saturated carbocycles. The Hall–Kier alpha value is -2.19. The van der Waals surface area contributed by atoms with Gasteiger partial charge in [0.2, 0.25) is 0 Å². The Labute approximate surface area is 187 Å². The van der Waals surface area contributed by atoms with E-state index < -0.39 is 0 Å². The van der Waals surface area contributed by atoms with Gasteiger partial charge in [-0.05, 0) is 60.1 Å². The van der Waals surface area contributed by atoms with Crippen molar-refractivity contribution >= 4 is 12.6 Å². The van der Waals surface area contributed by atoms with Gasteiger partial charge in [-0.15, -0.1) is 0 Å². The fourth-order valence-corrected chi connectivity index (χ4v) is 4.23. The molecular formula is C28H34OS. The second kappa shape index (κ2) is 10.2. The number of rotatable bonds is 9. The number of methoxy groups -OCH3 is 1. The number of hydrogen-bond donors (Lipinski definition) is 1. The maximum absolute atomic E-state index is 6.02. The van der Waals surface area contributed by atoms with E-state index in [0.717, 1.165) is 36.1 Å². The van der Waals surface area contributed by atoms with Gasteiger partial charge in [-0.3, -0.25) is 0 Å². The number of benzene rings is 3. The first-order chi connectivity index (χ1) is 14.6. The standard InChI is InChI=1S/C28H34OS/c1-5-8-13-21-14-12-17-23(18-21)26-20-24(28(30,6-2)7-3)19-25(27(26)29-4)22-15-10-9-11-16-22/h9-12,14-20,30H,5-8,13H2,1-4H3. The highest BCUT2D eigenvalue weighted by atomic mass is 32.1. The number of ether oxygens (including phenoxy) is 1. The lowest BCUT2D eigenvalue weighted by Crippen LogP contribution is -2.17. The molecule has 3 rings (SSSR count). The summed E-state index contributed by atoms with van der Waals surface area (Å²) in [5.74, 6) is 0.931. The Bertz CT molecular complexity index is 958. The quantitative estimate of drug-likeness (QED) is 0.344. The van der Waals surface area contributed by atoms with E-state index in [0.29, 0.717) is 0 Å². The molecule has 0 spiro atoms. The maximum Gasteiger partial charge on any atom is 0.134 e. The molecule has 0 aliphatic rings. The summed E-state index contributed by atoms with van der Waals surface area (Å²) in [5.41, 5.74) is 7.29. The predicted octanol–water partition coefficient (Wildman–Crippen LogP) is 8.32. The van der Waals surface area contributed by atoms with Crippen molar-refractivity contribution in [3.8, 4) is 28.0 Å². The average Bonchev–Trinajstić information content (AvgIpc) is 2.82. The number of hydrogen-bond acceptors (Lipinski definition) is 2. The van der Waals surface area contributed by atoms with Crippen molar-refractivity contribution in [1.82, 2.24) is 0 Å². The Morgan fingerprint density at radius 2 is 1.43 bits per heavy atom. The lowest BCUT2D eigenvalue weighted by molar-refractivity contribution is 0.417. The molecule has 0 bridgehead atoms. The van der Waals surface area contributed by atoms with Crippen LogP contribution in [0.4, 0.5) is 0 Å². The zero-order valence-electron chi connectivity index (χ0n) is 18.7. The van der Waals surface area contributed by atoms with Crippen LogP contribution in [0, 0.1) is 0 Å². The molecule has 1 nitrogen and oxygen atoms in total. The molecule has 0 amide bonds. The van der Waals surface area contributed by atoms with Gasteiger partial charge in [0, 0.05) is 15.9 Å². The van der Waals surface area contributed by atoms with Gasteiger partial charge in [0.15, 0.2) is 0 Å². The molecule has 0 saturated heterocycles. The van der Waals surface area contributed by atoms with E-state index in [1.165, 1.54) is 35.1 Å². The summed E-state index contributed by atoms with van der Waals surface area (Å²) >= 11 is 5.12. The Balaban J connectivity index is 2.26. The first-order valence-corrected chi connectivity index (χ1v) is 11.6. The van der Waals surface area contributed by atoms with E-state index in [4.69, 9.17) is 17.4 Å². The van der Waals surface area contributed by atoms with E-state index in [-0.39, 0.29) is 4.75 Å². The fraction of sp³-hybridized carbons (Fsp3) is 0.357. The Morgan fingerprint density at radius 3 is 2.03 bits per heavy atom. The maximum atomic E-state index is 6.02. The summed E-state index contributed by atoms with van der Waals surface area (Å²) in [6, 6.07) is 24.0. The average molecular weight is 419 g/mol. The van der Waals surface area contributed by atoms with E-state index in [1.54, 1.807) is 7.11 Å². The molecule has 158 valence electrons. The minimum absolute atomic E-state index is 0.162. The summed E-state index contributed by atoms with van der Waals surface area (Å²) in [6.07, 6.45) is 5.47. The fourth-order valence-electron chi connectivity index (χ4n) is 4.10. The van der Waals surface area contributed by atoms with Gasteiger partial charge >= 0.3 is 0 Å². The van der Waals surface area contributed by atoms with Crippen LogP contribution >= 0.6 is 12.6 Å². The van der Waals surface area contributed by atoms with Crippen LogP contribution in [-0.2, 0) is 11.2 Å². The molecule has 0 heterocycles. The van der Waals surface area contributed by atoms with Crippen LogP contribution < -0.4 is 4.74 Å². The highest BCUT2D eigenvalue weighted by Gasteiger charge is 2.27. The molecule has 0 radical (unpaired) electrons. The van der Waals surface area contributed by atoms with Crippen LogP contribution in [0.1, 0.15) is 57.6 Å². The highest BCUT2D eigenvalue weighted by molar-refractivity contribution is 7.81. The summed E-state index contributed by atoms with van der Waals surface area (Å²) in [5, 5.41) is 0. The molecule has 30 heavy (non-hydrogen) atoms. The molecule has 0 atom stereocenters. The van der Waals surface area contributed by atoms with Crippen LogP contribution in [-0.4, -0.2) is 7.11 Å². The summed E-state index contributed by atoms with van der Waals surface area (Å²) in [6.45, 7) is 6.67. The van der Waals surface area contributed by atoms with Crippen molar-refractivity contribution in [3.05, 3.63) is 77.9 Å². The lowest BCUT2D eigenvalue weighted by Gasteiger charge is -2.29. The lowest BCUT2D eigenvalue weighted by atomic mass is 9.86. The minimum Gasteiger partial charge on any atom is -0.495 e. The van der Waals surface area contributed by atoms with Crippen molar-refractivity contribution in [2.24, 2.45) is 0 Å². The molecule has 2 heteroatoms. The van der Waals surface area contributed by atoms with Gasteiger partial charge in [0.1, 0.15) is 5.75 Å². The van der Waals surface area contributed by atoms with E-state index in [9.17, 15) is 0 Å². The van der Waals surface area contributed by atoms with E-state index in [2.05, 4.69) is 87.5 Å². The number of aryl methyl sites for hydroxylation is 1. The van der Waals surface area contributed by atoms with Gasteiger partial charge in [-0.1, -0.05) is 81.8 Å². The first-order valence-electron chi connectivity index (χ1n) is 11.2. The first kappa shape index (κ1) is 22.5. The van der Waals surface area contributed by atoms with Crippen molar-refractivity contribution in [2.75, 3.05) is 7.11 Å². The van der Waals surface area contributed by atoms with Crippen LogP contribution in [0.5, 0.6) is 5.75 Å². The summed E-state index contributed by atoms with van der Waals surface area (Å²) in [7, 11) is 1.78. The van der Waals surface area contributed by atoms with Crippen LogP contribution in [0.2, 0.25) is 0 Å². The topological polar surface area (TPSA) is 9.23 Å². The van der Waals surface area contributed by atoms with Crippen LogP contribution in [0.25, 0.3) is 22.3 Å². The normalized spacial score (nSPS) is 11.5. The van der Waals surface area contributed by atoms with E-state index >= 15 is 0 Å².